The highest BCUT2D eigenvalue weighted by molar-refractivity contribution is 9.10. The van der Waals surface area contributed by atoms with Crippen molar-refractivity contribution in [1.82, 2.24) is 0 Å². The Morgan fingerprint density at radius 1 is 1.05 bits per heavy atom. The van der Waals surface area contributed by atoms with E-state index < -0.39 is 6.10 Å². The Hall–Kier alpha value is -1.17. The second kappa shape index (κ2) is 7.57. The number of thioether (sulfide) groups is 1. The molecule has 1 unspecified atom stereocenters. The monoisotopic (exact) mass is 354 g/mol. The number of phenols is 1. The van der Waals surface area contributed by atoms with Gasteiger partial charge in [0.2, 0.25) is 0 Å². The van der Waals surface area contributed by atoms with Gasteiger partial charge in [0.1, 0.15) is 18.1 Å². The molecule has 5 heteroatoms. The minimum Gasteiger partial charge on any atom is -0.508 e. The number of benzene rings is 2. The van der Waals surface area contributed by atoms with Crippen LogP contribution in [0.2, 0.25) is 0 Å². The lowest BCUT2D eigenvalue weighted by Gasteiger charge is -2.12. The molecule has 1 atom stereocenters. The zero-order valence-electron chi connectivity index (χ0n) is 10.7. The third-order valence-corrected chi connectivity index (χ3v) is 4.22. The molecule has 0 saturated heterocycles. The molecule has 106 valence electrons. The number of rotatable bonds is 6. The Labute approximate surface area is 130 Å². The van der Waals surface area contributed by atoms with Crippen molar-refractivity contribution in [3.63, 3.8) is 0 Å². The summed E-state index contributed by atoms with van der Waals surface area (Å²) < 4.78 is 6.50. The standard InChI is InChI=1S/C15H15BrO3S/c16-11-1-5-14(6-2-11)19-9-13(18)10-20-15-7-3-12(17)4-8-15/h1-8,13,17-18H,9-10H2. The molecule has 0 spiro atoms. The first-order valence-corrected chi connectivity index (χ1v) is 7.89. The van der Waals surface area contributed by atoms with Crippen LogP contribution >= 0.6 is 27.7 Å². The average molecular weight is 355 g/mol. The van der Waals surface area contributed by atoms with Crippen molar-refractivity contribution in [3.05, 3.63) is 53.0 Å². The van der Waals surface area contributed by atoms with E-state index in [4.69, 9.17) is 4.74 Å². The van der Waals surface area contributed by atoms with Crippen LogP contribution in [-0.4, -0.2) is 28.7 Å². The summed E-state index contributed by atoms with van der Waals surface area (Å²) in [7, 11) is 0. The lowest BCUT2D eigenvalue weighted by molar-refractivity contribution is 0.126. The predicted octanol–water partition coefficient (Wildman–Crippen LogP) is 3.69. The predicted molar refractivity (Wildman–Crippen MR) is 84.5 cm³/mol. The molecule has 2 aromatic rings. The van der Waals surface area contributed by atoms with Crippen LogP contribution in [0.3, 0.4) is 0 Å². The number of aliphatic hydroxyl groups excluding tert-OH is 1. The van der Waals surface area contributed by atoms with Gasteiger partial charge >= 0.3 is 0 Å². The highest BCUT2D eigenvalue weighted by atomic mass is 79.9. The van der Waals surface area contributed by atoms with Gasteiger partial charge in [0.25, 0.3) is 0 Å². The number of hydrogen-bond acceptors (Lipinski definition) is 4. The lowest BCUT2D eigenvalue weighted by Crippen LogP contribution is -2.19. The van der Waals surface area contributed by atoms with Crippen molar-refractivity contribution in [2.45, 2.75) is 11.0 Å². The molecule has 0 aliphatic heterocycles. The highest BCUT2D eigenvalue weighted by Crippen LogP contribution is 2.22. The maximum atomic E-state index is 9.88. The minimum atomic E-state index is -0.544. The number of hydrogen-bond donors (Lipinski definition) is 2. The number of aromatic hydroxyl groups is 1. The summed E-state index contributed by atoms with van der Waals surface area (Å²) in [6.07, 6.45) is -0.544. The molecule has 0 aromatic heterocycles. The van der Waals surface area contributed by atoms with Crippen LogP contribution in [0.1, 0.15) is 0 Å². The van der Waals surface area contributed by atoms with Gasteiger partial charge in [0.15, 0.2) is 0 Å². The van der Waals surface area contributed by atoms with Crippen LogP contribution in [0.4, 0.5) is 0 Å². The van der Waals surface area contributed by atoms with Crippen LogP contribution in [0.15, 0.2) is 57.9 Å². The molecule has 0 bridgehead atoms. The molecule has 0 aliphatic rings. The SMILES string of the molecule is Oc1ccc(SCC(O)COc2ccc(Br)cc2)cc1. The third-order valence-electron chi connectivity index (χ3n) is 2.54. The highest BCUT2D eigenvalue weighted by Gasteiger charge is 2.06. The van der Waals surface area contributed by atoms with Crippen LogP contribution in [-0.2, 0) is 0 Å². The smallest absolute Gasteiger partial charge is 0.119 e. The van der Waals surface area contributed by atoms with Gasteiger partial charge in [0, 0.05) is 15.1 Å². The quantitative estimate of drug-likeness (QED) is 0.776. The van der Waals surface area contributed by atoms with E-state index in [0.717, 1.165) is 15.1 Å². The van der Waals surface area contributed by atoms with Crippen molar-refractivity contribution in [2.75, 3.05) is 12.4 Å². The molecule has 0 amide bonds. The van der Waals surface area contributed by atoms with Crippen molar-refractivity contribution >= 4 is 27.7 Å². The van der Waals surface area contributed by atoms with Gasteiger partial charge in [-0.25, -0.2) is 0 Å². The largest absolute Gasteiger partial charge is 0.508 e. The van der Waals surface area contributed by atoms with Gasteiger partial charge in [-0.05, 0) is 48.5 Å². The Kier molecular flexibility index (Phi) is 5.76. The maximum absolute atomic E-state index is 9.88. The Balaban J connectivity index is 1.73. The van der Waals surface area contributed by atoms with E-state index in [9.17, 15) is 10.2 Å². The third kappa shape index (κ3) is 5.07. The van der Waals surface area contributed by atoms with Crippen LogP contribution in [0.25, 0.3) is 0 Å². The number of phenolic OH excluding ortho intramolecular Hbond substituents is 1. The normalized spacial score (nSPS) is 12.1. The average Bonchev–Trinajstić information content (AvgIpc) is 2.46. The molecule has 2 rings (SSSR count). The fourth-order valence-electron chi connectivity index (χ4n) is 1.51. The second-order valence-corrected chi connectivity index (χ2v) is 6.23. The molecule has 0 radical (unpaired) electrons. The van der Waals surface area contributed by atoms with E-state index in [1.165, 1.54) is 11.8 Å². The summed E-state index contributed by atoms with van der Waals surface area (Å²) in [4.78, 5) is 1.01. The maximum Gasteiger partial charge on any atom is 0.119 e. The lowest BCUT2D eigenvalue weighted by atomic mass is 10.3. The summed E-state index contributed by atoms with van der Waals surface area (Å²) in [5, 5.41) is 19.1. The van der Waals surface area contributed by atoms with Gasteiger partial charge < -0.3 is 14.9 Å². The van der Waals surface area contributed by atoms with Crippen molar-refractivity contribution in [3.8, 4) is 11.5 Å². The summed E-state index contributed by atoms with van der Waals surface area (Å²) >= 11 is 4.88. The van der Waals surface area contributed by atoms with Gasteiger partial charge in [-0.1, -0.05) is 15.9 Å². The summed E-state index contributed by atoms with van der Waals surface area (Å²) in [6, 6.07) is 14.4. The van der Waals surface area contributed by atoms with Crippen LogP contribution < -0.4 is 4.74 Å². The Morgan fingerprint density at radius 2 is 1.70 bits per heavy atom. The fraction of sp³-hybridized carbons (Fsp3) is 0.200. The van der Waals surface area contributed by atoms with E-state index in [0.29, 0.717) is 5.75 Å². The molecule has 2 N–H and O–H groups in total. The van der Waals surface area contributed by atoms with E-state index in [1.807, 2.05) is 36.4 Å². The summed E-state index contributed by atoms with van der Waals surface area (Å²) in [5.41, 5.74) is 0. The van der Waals surface area contributed by atoms with Crippen LogP contribution in [0, 0.1) is 0 Å². The first-order chi connectivity index (χ1) is 9.63. The first-order valence-electron chi connectivity index (χ1n) is 6.12. The van der Waals surface area contributed by atoms with E-state index in [2.05, 4.69) is 15.9 Å². The minimum absolute atomic E-state index is 0.244. The van der Waals surface area contributed by atoms with Gasteiger partial charge in [-0.15, -0.1) is 11.8 Å². The van der Waals surface area contributed by atoms with Crippen molar-refractivity contribution in [2.24, 2.45) is 0 Å². The zero-order chi connectivity index (χ0) is 14.4. The molecule has 20 heavy (non-hydrogen) atoms. The zero-order valence-corrected chi connectivity index (χ0v) is 13.1. The van der Waals surface area contributed by atoms with Crippen molar-refractivity contribution in [1.29, 1.82) is 0 Å². The Morgan fingerprint density at radius 3 is 2.35 bits per heavy atom. The molecule has 0 fully saturated rings. The molecular formula is C15H15BrO3S. The Bertz CT molecular complexity index is 478. The number of ether oxygens (including phenoxy) is 1. The topological polar surface area (TPSA) is 49.7 Å². The summed E-state index contributed by atoms with van der Waals surface area (Å²) in [5.74, 6) is 1.52. The van der Waals surface area contributed by atoms with E-state index >= 15 is 0 Å². The van der Waals surface area contributed by atoms with Gasteiger partial charge in [-0.2, -0.15) is 0 Å². The van der Waals surface area contributed by atoms with E-state index in [1.54, 1.807) is 12.1 Å². The van der Waals surface area contributed by atoms with Crippen LogP contribution in [0.5, 0.6) is 11.5 Å². The van der Waals surface area contributed by atoms with Crippen molar-refractivity contribution < 1.29 is 14.9 Å². The van der Waals surface area contributed by atoms with Gasteiger partial charge in [-0.3, -0.25) is 0 Å². The molecule has 0 heterocycles. The second-order valence-electron chi connectivity index (χ2n) is 4.22. The van der Waals surface area contributed by atoms with E-state index in [-0.39, 0.29) is 12.4 Å². The number of aliphatic hydroxyl groups is 1. The molecule has 2 aromatic carbocycles. The molecule has 0 aliphatic carbocycles. The van der Waals surface area contributed by atoms with Gasteiger partial charge in [0.05, 0.1) is 6.10 Å². The first kappa shape index (κ1) is 15.2. The molecule has 3 nitrogen and oxygen atoms in total. The fourth-order valence-corrected chi connectivity index (χ4v) is 2.58. The summed E-state index contributed by atoms with van der Waals surface area (Å²) in [6.45, 7) is 0.257. The number of halogens is 1. The molecular weight excluding hydrogens is 340 g/mol. The molecule has 0 saturated carbocycles.